The topological polar surface area (TPSA) is 107 Å². The van der Waals surface area contributed by atoms with Gasteiger partial charge in [0.15, 0.2) is 5.78 Å². The van der Waals surface area contributed by atoms with E-state index in [-0.39, 0.29) is 74.9 Å². The molecule has 0 spiro atoms. The minimum Gasteiger partial charge on any atom is -0.389 e. The van der Waals surface area contributed by atoms with Crippen molar-refractivity contribution >= 4 is 5.78 Å². The van der Waals surface area contributed by atoms with Gasteiger partial charge in [0.05, 0.1) is 24.4 Å². The van der Waals surface area contributed by atoms with E-state index in [1.54, 1.807) is 6.92 Å². The average molecular weight is 622 g/mol. The summed E-state index contributed by atoms with van der Waals surface area (Å²) in [6, 6.07) is 0. The molecule has 7 heteroatoms. The summed E-state index contributed by atoms with van der Waals surface area (Å²) in [7, 11) is 0. The molecule has 3 fully saturated rings. The maximum Gasteiger partial charge on any atom is 0.172 e. The van der Waals surface area contributed by atoms with E-state index in [0.29, 0.717) is 17.6 Å². The van der Waals surface area contributed by atoms with Crippen LogP contribution in [0.3, 0.4) is 0 Å². The van der Waals surface area contributed by atoms with Gasteiger partial charge >= 0.3 is 0 Å². The zero-order chi connectivity index (χ0) is 21.0. The molecule has 2 saturated carbocycles. The van der Waals surface area contributed by atoms with Crippen LogP contribution in [0, 0.1) is 72.6 Å². The summed E-state index contributed by atoms with van der Waals surface area (Å²) in [5.41, 5.74) is -3.55. The van der Waals surface area contributed by atoms with Gasteiger partial charge in [0.25, 0.3) is 0 Å². The smallest absolute Gasteiger partial charge is 0.172 e. The van der Waals surface area contributed by atoms with E-state index in [1.165, 1.54) is 0 Å². The monoisotopic (exact) mass is 621 g/mol. The van der Waals surface area contributed by atoms with Crippen LogP contribution in [-0.2, 0) is 9.53 Å². The van der Waals surface area contributed by atoms with Crippen LogP contribution in [0.25, 0.3) is 0 Å². The number of aliphatic hydroxyl groups is 4. The molecule has 0 aromatic rings. The van der Waals surface area contributed by atoms with Crippen molar-refractivity contribution < 1.29 is 74.0 Å². The Morgan fingerprint density at radius 2 is 1.69 bits per heavy atom. The van der Waals surface area contributed by atoms with E-state index < -0.39 is 46.1 Å². The summed E-state index contributed by atoms with van der Waals surface area (Å²) in [4.78, 5) is 13.8. The van der Waals surface area contributed by atoms with Crippen molar-refractivity contribution in [3.8, 4) is 0 Å². The van der Waals surface area contributed by atoms with Crippen LogP contribution in [-0.4, -0.2) is 62.3 Å². The third-order valence-corrected chi connectivity index (χ3v) is 9.34. The van der Waals surface area contributed by atoms with Gasteiger partial charge in [-0.2, -0.15) is 0 Å². The van der Waals surface area contributed by atoms with Crippen LogP contribution in [0.4, 0.5) is 0 Å². The SMILES string of the molecule is CC1=C2C(O)C(=O)[C@@]3(C)C(C(C)C(O)(CC1O)C2(C)C)C1(O)COC1C[C@@H]3C.[Ac]. The fraction of sp³-hybridized carbons (Fsp3) is 0.864. The number of ketones is 1. The normalized spacial score (nSPS) is 53.7. The molecule has 0 aromatic heterocycles. The van der Waals surface area contributed by atoms with Crippen molar-refractivity contribution in [3.05, 3.63) is 11.1 Å². The second-order valence-electron chi connectivity index (χ2n) is 10.6. The van der Waals surface area contributed by atoms with Crippen LogP contribution >= 0.6 is 0 Å². The second-order valence-corrected chi connectivity index (χ2v) is 10.6. The molecule has 3 aliphatic carbocycles. The minimum absolute atomic E-state index is 0. The Labute approximate surface area is 208 Å². The molecule has 6 nitrogen and oxygen atoms in total. The zero-order valence-corrected chi connectivity index (χ0v) is 23.0. The first-order valence-electron chi connectivity index (χ1n) is 10.4. The number of ether oxygens (including phenoxy) is 1. The van der Waals surface area contributed by atoms with Crippen molar-refractivity contribution in [2.75, 3.05) is 6.61 Å². The van der Waals surface area contributed by atoms with Gasteiger partial charge in [-0.15, -0.1) is 0 Å². The molecule has 2 bridgehead atoms. The second kappa shape index (κ2) is 7.07. The van der Waals surface area contributed by atoms with Gasteiger partial charge in [0.1, 0.15) is 11.7 Å². The fourth-order valence-corrected chi connectivity index (χ4v) is 7.30. The number of rotatable bonds is 0. The fourth-order valence-electron chi connectivity index (χ4n) is 7.30. The van der Waals surface area contributed by atoms with Gasteiger partial charge in [0, 0.05) is 67.2 Å². The van der Waals surface area contributed by atoms with Gasteiger partial charge in [-0.25, -0.2) is 0 Å². The Balaban J connectivity index is 0.00000240. The first-order valence-corrected chi connectivity index (χ1v) is 10.4. The van der Waals surface area contributed by atoms with E-state index in [0.717, 1.165) is 0 Å². The largest absolute Gasteiger partial charge is 0.389 e. The van der Waals surface area contributed by atoms with Gasteiger partial charge in [0.2, 0.25) is 0 Å². The molecule has 29 heavy (non-hydrogen) atoms. The molecule has 4 rings (SSSR count). The minimum atomic E-state index is -1.42. The summed E-state index contributed by atoms with van der Waals surface area (Å²) >= 11 is 0. The first-order chi connectivity index (χ1) is 12.7. The Bertz CT molecular complexity index is 764. The van der Waals surface area contributed by atoms with E-state index in [2.05, 4.69) is 0 Å². The maximum absolute atomic E-state index is 13.8. The Morgan fingerprint density at radius 1 is 1.10 bits per heavy atom. The Morgan fingerprint density at radius 3 is 2.21 bits per heavy atom. The van der Waals surface area contributed by atoms with Gasteiger partial charge < -0.3 is 25.2 Å². The summed E-state index contributed by atoms with van der Waals surface area (Å²) < 4.78 is 5.65. The summed E-state index contributed by atoms with van der Waals surface area (Å²) in [6.45, 7) is 11.2. The predicted octanol–water partition coefficient (Wildman–Crippen LogP) is 1.20. The molecule has 7 unspecified atom stereocenters. The number of hydrogen-bond acceptors (Lipinski definition) is 6. The average Bonchev–Trinajstić information content (AvgIpc) is 2.60. The van der Waals surface area contributed by atoms with E-state index in [9.17, 15) is 25.2 Å². The standard InChI is InChI=1S/C22H34O6.Ac/c1-10-7-14-21(26,9-28-14)17-12(3)22(27)8-13(23)11(2)15(19(22,4)5)16(24)18(25)20(10,17)6;/h10,12-14,16-17,23-24,26-27H,7-9H2,1-6H3;/t10-,12?,13?,14?,16?,17?,20+,21?,22?;/m0./s1. The van der Waals surface area contributed by atoms with Crippen LogP contribution in [0.2, 0.25) is 0 Å². The molecule has 4 aliphatic rings. The molecule has 161 valence electrons. The molecule has 1 heterocycles. The van der Waals surface area contributed by atoms with Crippen LogP contribution < -0.4 is 0 Å². The molecule has 1 aliphatic heterocycles. The Hall–Kier alpha value is 0.652. The molecule has 4 N–H and O–H groups in total. The molecular weight excluding hydrogens is 587 g/mol. The number of hydrogen-bond donors (Lipinski definition) is 4. The summed E-state index contributed by atoms with van der Waals surface area (Å²) in [5, 5.41) is 45.5. The van der Waals surface area contributed by atoms with E-state index in [4.69, 9.17) is 4.74 Å². The van der Waals surface area contributed by atoms with E-state index in [1.807, 2.05) is 34.6 Å². The van der Waals surface area contributed by atoms with Gasteiger partial charge in [-0.3, -0.25) is 4.79 Å². The molecular formula is C22H34AcO6. The zero-order valence-electron chi connectivity index (χ0n) is 18.3. The maximum atomic E-state index is 13.8. The summed E-state index contributed by atoms with van der Waals surface area (Å²) in [5.74, 6) is -1.51. The van der Waals surface area contributed by atoms with Gasteiger partial charge in [-0.1, -0.05) is 34.6 Å². The number of carbonyl (C=O) groups is 1. The molecule has 0 amide bonds. The molecule has 1 radical (unpaired) electrons. The summed E-state index contributed by atoms with van der Waals surface area (Å²) in [6.07, 6.45) is -2.08. The molecule has 1 saturated heterocycles. The van der Waals surface area contributed by atoms with Crippen molar-refractivity contribution in [1.82, 2.24) is 0 Å². The van der Waals surface area contributed by atoms with Crippen molar-refractivity contribution in [3.63, 3.8) is 0 Å². The van der Waals surface area contributed by atoms with Crippen LogP contribution in [0.15, 0.2) is 11.1 Å². The molecule has 0 aromatic carbocycles. The van der Waals surface area contributed by atoms with Crippen molar-refractivity contribution in [1.29, 1.82) is 0 Å². The Kier molecular flexibility index (Phi) is 5.93. The number of Topliss-reactive ketones (excluding diaryl/α,β-unsaturated/α-hetero) is 1. The first kappa shape index (κ1) is 24.3. The van der Waals surface area contributed by atoms with Crippen LogP contribution in [0.5, 0.6) is 0 Å². The predicted molar refractivity (Wildman–Crippen MR) is 102 cm³/mol. The van der Waals surface area contributed by atoms with Gasteiger partial charge in [-0.05, 0) is 36.3 Å². The third kappa shape index (κ3) is 2.71. The number of fused-ring (bicyclic) bond motifs is 5. The number of carbonyl (C=O) groups excluding carboxylic acids is 1. The number of aliphatic hydroxyl groups excluding tert-OH is 2. The van der Waals surface area contributed by atoms with Crippen molar-refractivity contribution in [2.24, 2.45) is 28.6 Å². The van der Waals surface area contributed by atoms with Crippen molar-refractivity contribution in [2.45, 2.75) is 83.9 Å². The van der Waals surface area contributed by atoms with E-state index >= 15 is 0 Å². The molecule has 9 atom stereocenters. The third-order valence-electron chi connectivity index (χ3n) is 9.34. The van der Waals surface area contributed by atoms with Crippen LogP contribution in [0.1, 0.15) is 54.4 Å². The quantitative estimate of drug-likeness (QED) is 0.303.